The maximum atomic E-state index is 12.5. The first kappa shape index (κ1) is 20.9. The van der Waals surface area contributed by atoms with Gasteiger partial charge in [-0.2, -0.15) is 5.10 Å². The molecule has 1 aliphatic heterocycles. The van der Waals surface area contributed by atoms with Crippen LogP contribution >= 0.6 is 0 Å². The lowest BCUT2D eigenvalue weighted by atomic mass is 10.1. The van der Waals surface area contributed by atoms with E-state index in [0.717, 1.165) is 36.4 Å². The predicted octanol–water partition coefficient (Wildman–Crippen LogP) is 3.63. The summed E-state index contributed by atoms with van der Waals surface area (Å²) in [5, 5.41) is 7.73. The fourth-order valence-electron chi connectivity index (χ4n) is 3.77. The molecule has 4 rings (SSSR count). The number of piperazine rings is 1. The van der Waals surface area contributed by atoms with Crippen molar-refractivity contribution in [2.24, 2.45) is 0 Å². The molecule has 1 fully saturated rings. The van der Waals surface area contributed by atoms with Crippen molar-refractivity contribution in [2.45, 2.75) is 19.1 Å². The summed E-state index contributed by atoms with van der Waals surface area (Å²) in [5.74, 6) is 0. The zero-order valence-electron chi connectivity index (χ0n) is 17.9. The molecule has 2 aromatic carbocycles. The highest BCUT2D eigenvalue weighted by Crippen LogP contribution is 2.16. The van der Waals surface area contributed by atoms with Gasteiger partial charge >= 0.3 is 6.09 Å². The van der Waals surface area contributed by atoms with E-state index in [1.165, 1.54) is 0 Å². The van der Waals surface area contributed by atoms with E-state index in [4.69, 9.17) is 4.74 Å². The molecule has 1 amide bonds. The van der Waals surface area contributed by atoms with Crippen molar-refractivity contribution in [3.63, 3.8) is 0 Å². The van der Waals surface area contributed by atoms with E-state index in [0.29, 0.717) is 25.7 Å². The molecule has 162 valence electrons. The van der Waals surface area contributed by atoms with E-state index in [2.05, 4.69) is 34.5 Å². The number of benzene rings is 2. The normalized spacial score (nSPS) is 16.8. The van der Waals surface area contributed by atoms with Crippen LogP contribution in [0.1, 0.15) is 12.0 Å². The summed E-state index contributed by atoms with van der Waals surface area (Å²) in [6, 6.07) is 20.2. The van der Waals surface area contributed by atoms with Crippen molar-refractivity contribution in [3.05, 3.63) is 78.6 Å². The van der Waals surface area contributed by atoms with Gasteiger partial charge in [-0.25, -0.2) is 9.48 Å². The fourth-order valence-corrected chi connectivity index (χ4v) is 3.77. The number of amides is 1. The summed E-state index contributed by atoms with van der Waals surface area (Å²) in [7, 11) is 2.12. The number of ether oxygens (including phenoxy) is 1. The summed E-state index contributed by atoms with van der Waals surface area (Å²) < 4.78 is 7.35. The third kappa shape index (κ3) is 5.64. The van der Waals surface area contributed by atoms with Crippen molar-refractivity contribution in [2.75, 3.05) is 38.5 Å². The fraction of sp³-hybridized carbons (Fsp3) is 0.333. The molecule has 7 heteroatoms. The van der Waals surface area contributed by atoms with Gasteiger partial charge in [0.05, 0.1) is 5.69 Å². The summed E-state index contributed by atoms with van der Waals surface area (Å²) >= 11 is 0. The monoisotopic (exact) mass is 419 g/mol. The van der Waals surface area contributed by atoms with Crippen LogP contribution in [0.3, 0.4) is 0 Å². The number of nitrogens with zero attached hydrogens (tertiary/aromatic N) is 4. The van der Waals surface area contributed by atoms with Gasteiger partial charge in [0.2, 0.25) is 0 Å². The van der Waals surface area contributed by atoms with Crippen molar-refractivity contribution in [3.8, 4) is 5.69 Å². The lowest BCUT2D eigenvalue weighted by molar-refractivity contribution is 0.0554. The Morgan fingerprint density at radius 3 is 2.65 bits per heavy atom. The number of rotatable bonds is 7. The second kappa shape index (κ2) is 10.1. The molecule has 1 N–H and O–H groups in total. The molecule has 3 aromatic rings. The minimum absolute atomic E-state index is 0.232. The standard InChI is InChI=1S/C24H29N5O2/c1-27-16-17-28(24(30)31-19-20-6-3-2-4-7-20)18-23(27)12-14-25-21-8-10-22(11-9-21)29-15-5-13-26-29/h2-11,13,15,23,25H,12,14,16-19H2,1H3/t23-/m1/s1. The molecule has 1 aliphatic rings. The Kier molecular flexibility index (Phi) is 6.84. The Hall–Kier alpha value is -3.32. The Bertz CT molecular complexity index is 944. The van der Waals surface area contributed by atoms with Gasteiger partial charge in [-0.3, -0.25) is 4.90 Å². The van der Waals surface area contributed by atoms with Gasteiger partial charge in [0.15, 0.2) is 0 Å². The lowest BCUT2D eigenvalue weighted by Crippen LogP contribution is -2.53. The number of carbonyl (C=O) groups is 1. The van der Waals surface area contributed by atoms with Gasteiger partial charge in [-0.15, -0.1) is 0 Å². The first-order chi connectivity index (χ1) is 15.2. The maximum Gasteiger partial charge on any atom is 0.410 e. The van der Waals surface area contributed by atoms with E-state index in [9.17, 15) is 4.79 Å². The van der Waals surface area contributed by atoms with Gasteiger partial charge in [0.1, 0.15) is 6.61 Å². The zero-order chi connectivity index (χ0) is 21.5. The average molecular weight is 420 g/mol. The molecule has 1 atom stereocenters. The molecule has 31 heavy (non-hydrogen) atoms. The molecule has 0 radical (unpaired) electrons. The molecule has 0 bridgehead atoms. The quantitative estimate of drug-likeness (QED) is 0.634. The molecule has 0 spiro atoms. The summed E-state index contributed by atoms with van der Waals surface area (Å²) in [5.41, 5.74) is 3.12. The third-order valence-corrected chi connectivity index (χ3v) is 5.68. The Balaban J connectivity index is 1.23. The van der Waals surface area contributed by atoms with Crippen LogP contribution in [-0.4, -0.2) is 64.9 Å². The highest BCUT2D eigenvalue weighted by atomic mass is 16.6. The smallest absolute Gasteiger partial charge is 0.410 e. The molecule has 0 unspecified atom stereocenters. The first-order valence-corrected chi connectivity index (χ1v) is 10.7. The van der Waals surface area contributed by atoms with Crippen LogP contribution in [0.5, 0.6) is 0 Å². The van der Waals surface area contributed by atoms with E-state index < -0.39 is 0 Å². The van der Waals surface area contributed by atoms with Crippen LogP contribution in [0.25, 0.3) is 5.69 Å². The van der Waals surface area contributed by atoms with Crippen LogP contribution in [0.2, 0.25) is 0 Å². The van der Waals surface area contributed by atoms with Gasteiger partial charge in [0.25, 0.3) is 0 Å². The van der Waals surface area contributed by atoms with Crippen LogP contribution < -0.4 is 5.32 Å². The van der Waals surface area contributed by atoms with Crippen molar-refractivity contribution < 1.29 is 9.53 Å². The van der Waals surface area contributed by atoms with Gasteiger partial charge in [0, 0.05) is 50.3 Å². The van der Waals surface area contributed by atoms with Gasteiger partial charge in [-0.05, 0) is 49.4 Å². The summed E-state index contributed by atoms with van der Waals surface area (Å²) in [6.07, 6.45) is 4.41. The number of aromatic nitrogens is 2. The molecular formula is C24H29N5O2. The van der Waals surface area contributed by atoms with Gasteiger partial charge in [-0.1, -0.05) is 30.3 Å². The number of hydrogen-bond donors (Lipinski definition) is 1. The van der Waals surface area contributed by atoms with Crippen molar-refractivity contribution in [1.82, 2.24) is 19.6 Å². The van der Waals surface area contributed by atoms with E-state index in [1.807, 2.05) is 64.3 Å². The maximum absolute atomic E-state index is 12.5. The molecule has 0 saturated carbocycles. The molecule has 1 saturated heterocycles. The molecule has 1 aromatic heterocycles. The highest BCUT2D eigenvalue weighted by Gasteiger charge is 2.27. The lowest BCUT2D eigenvalue weighted by Gasteiger charge is -2.39. The van der Waals surface area contributed by atoms with Crippen molar-refractivity contribution in [1.29, 1.82) is 0 Å². The second-order valence-electron chi connectivity index (χ2n) is 7.83. The minimum atomic E-state index is -0.232. The van der Waals surface area contributed by atoms with Crippen LogP contribution in [0.4, 0.5) is 10.5 Å². The predicted molar refractivity (Wildman–Crippen MR) is 121 cm³/mol. The van der Waals surface area contributed by atoms with E-state index in [1.54, 1.807) is 6.20 Å². The largest absolute Gasteiger partial charge is 0.445 e. The second-order valence-corrected chi connectivity index (χ2v) is 7.83. The Labute approximate surface area is 183 Å². The minimum Gasteiger partial charge on any atom is -0.445 e. The molecule has 2 heterocycles. The molecule has 0 aliphatic carbocycles. The number of hydrogen-bond acceptors (Lipinski definition) is 5. The van der Waals surface area contributed by atoms with E-state index in [-0.39, 0.29) is 6.09 Å². The number of nitrogens with one attached hydrogen (secondary N) is 1. The topological polar surface area (TPSA) is 62.6 Å². The van der Waals surface area contributed by atoms with Crippen LogP contribution in [0, 0.1) is 0 Å². The zero-order valence-corrected chi connectivity index (χ0v) is 17.9. The number of likely N-dealkylation sites (N-methyl/N-ethyl adjacent to an activating group) is 1. The average Bonchev–Trinajstić information content (AvgIpc) is 3.35. The third-order valence-electron chi connectivity index (χ3n) is 5.68. The SMILES string of the molecule is CN1CCN(C(=O)OCc2ccccc2)C[C@H]1CCNc1ccc(-n2cccn2)cc1. The number of anilines is 1. The summed E-state index contributed by atoms with van der Waals surface area (Å²) in [4.78, 5) is 16.7. The first-order valence-electron chi connectivity index (χ1n) is 10.7. The molecular weight excluding hydrogens is 390 g/mol. The number of carbonyl (C=O) groups excluding carboxylic acids is 1. The Morgan fingerprint density at radius 2 is 1.90 bits per heavy atom. The molecule has 7 nitrogen and oxygen atoms in total. The van der Waals surface area contributed by atoms with Crippen LogP contribution in [0.15, 0.2) is 73.1 Å². The van der Waals surface area contributed by atoms with Crippen molar-refractivity contribution >= 4 is 11.8 Å². The van der Waals surface area contributed by atoms with Crippen LogP contribution in [-0.2, 0) is 11.3 Å². The summed E-state index contributed by atoms with van der Waals surface area (Å²) in [6.45, 7) is 3.38. The van der Waals surface area contributed by atoms with E-state index >= 15 is 0 Å². The Morgan fingerprint density at radius 1 is 1.10 bits per heavy atom. The van der Waals surface area contributed by atoms with Gasteiger partial charge < -0.3 is 15.0 Å². The highest BCUT2D eigenvalue weighted by molar-refractivity contribution is 5.67.